The fourth-order valence-electron chi connectivity index (χ4n) is 2.32. The number of nitrogens with one attached hydrogen (secondary N) is 1. The molecule has 19 heavy (non-hydrogen) atoms. The number of rotatable bonds is 4. The minimum Gasteiger partial charge on any atom is -0.366 e. The number of nitrogens with zero attached hydrogens (tertiary/aromatic N) is 4. The Balaban J connectivity index is 1.85. The Kier molecular flexibility index (Phi) is 4.96. The van der Waals surface area contributed by atoms with Crippen molar-refractivity contribution in [2.45, 2.75) is 19.9 Å². The van der Waals surface area contributed by atoms with Crippen molar-refractivity contribution in [1.29, 1.82) is 0 Å². The van der Waals surface area contributed by atoms with Crippen LogP contribution in [0.15, 0.2) is 6.07 Å². The summed E-state index contributed by atoms with van der Waals surface area (Å²) < 4.78 is 0. The van der Waals surface area contributed by atoms with Gasteiger partial charge in [-0.3, -0.25) is 4.90 Å². The van der Waals surface area contributed by atoms with E-state index in [-0.39, 0.29) is 0 Å². The molecule has 0 bridgehead atoms. The van der Waals surface area contributed by atoms with Crippen LogP contribution in [0, 0.1) is 6.92 Å². The Bertz CT molecular complexity index is 397. The van der Waals surface area contributed by atoms with Gasteiger partial charge in [-0.25, -0.2) is 9.97 Å². The van der Waals surface area contributed by atoms with Gasteiger partial charge in [0.1, 0.15) is 16.8 Å². The van der Waals surface area contributed by atoms with Gasteiger partial charge in [0.2, 0.25) is 0 Å². The van der Waals surface area contributed by atoms with Crippen LogP contribution >= 0.6 is 11.6 Å². The van der Waals surface area contributed by atoms with Gasteiger partial charge < -0.3 is 10.2 Å². The van der Waals surface area contributed by atoms with Crippen LogP contribution in [0.3, 0.4) is 0 Å². The SMILES string of the molecule is Cc1nc(Cl)cc(NC(C)CN2CCN(C)CC2)n1. The standard InChI is InChI=1S/C13H22ClN5/c1-10(9-19-6-4-18(3)5-7-19)15-13-8-12(14)16-11(2)17-13/h8,10H,4-7,9H2,1-3H3,(H,15,16,17). The Labute approximate surface area is 120 Å². The van der Waals surface area contributed by atoms with Crippen LogP contribution in [-0.2, 0) is 0 Å². The molecule has 0 radical (unpaired) electrons. The lowest BCUT2D eigenvalue weighted by Crippen LogP contribution is -2.47. The molecule has 1 aromatic rings. The maximum absolute atomic E-state index is 5.93. The summed E-state index contributed by atoms with van der Waals surface area (Å²) in [6.45, 7) is 9.59. The van der Waals surface area contributed by atoms with Crippen LogP contribution in [0.25, 0.3) is 0 Å². The maximum atomic E-state index is 5.93. The Hall–Kier alpha value is -0.910. The van der Waals surface area contributed by atoms with Crippen LogP contribution in [0.4, 0.5) is 5.82 Å². The number of aromatic nitrogens is 2. The van der Waals surface area contributed by atoms with Crippen molar-refractivity contribution in [3.8, 4) is 0 Å². The van der Waals surface area contributed by atoms with Gasteiger partial charge in [0.25, 0.3) is 0 Å². The molecular weight excluding hydrogens is 262 g/mol. The van der Waals surface area contributed by atoms with E-state index < -0.39 is 0 Å². The van der Waals surface area contributed by atoms with Gasteiger partial charge in [-0.15, -0.1) is 0 Å². The monoisotopic (exact) mass is 283 g/mol. The average molecular weight is 284 g/mol. The zero-order valence-electron chi connectivity index (χ0n) is 11.9. The average Bonchev–Trinajstić information content (AvgIpc) is 2.30. The minimum atomic E-state index is 0.341. The molecule has 0 saturated carbocycles. The molecule has 1 unspecified atom stereocenters. The molecule has 0 amide bonds. The first-order valence-corrected chi connectivity index (χ1v) is 7.09. The predicted octanol–water partition coefficient (Wildman–Crippen LogP) is 1.49. The summed E-state index contributed by atoms with van der Waals surface area (Å²) in [5.74, 6) is 1.50. The molecule has 6 heteroatoms. The third-order valence-electron chi connectivity index (χ3n) is 3.33. The van der Waals surface area contributed by atoms with Crippen LogP contribution < -0.4 is 5.32 Å². The Morgan fingerprint density at radius 1 is 1.32 bits per heavy atom. The Morgan fingerprint density at radius 2 is 2.00 bits per heavy atom. The van der Waals surface area contributed by atoms with E-state index in [2.05, 4.69) is 39.1 Å². The third kappa shape index (κ3) is 4.60. The highest BCUT2D eigenvalue weighted by atomic mass is 35.5. The van der Waals surface area contributed by atoms with Crippen molar-refractivity contribution < 1.29 is 0 Å². The number of likely N-dealkylation sites (N-methyl/N-ethyl adjacent to an activating group) is 1. The molecule has 2 heterocycles. The van der Waals surface area contributed by atoms with E-state index in [9.17, 15) is 0 Å². The van der Waals surface area contributed by atoms with Crippen molar-refractivity contribution in [3.63, 3.8) is 0 Å². The highest BCUT2D eigenvalue weighted by Crippen LogP contribution is 2.12. The maximum Gasteiger partial charge on any atom is 0.134 e. The molecule has 0 spiro atoms. The summed E-state index contributed by atoms with van der Waals surface area (Å²) in [5, 5.41) is 3.88. The van der Waals surface area contributed by atoms with Gasteiger partial charge >= 0.3 is 0 Å². The molecule has 1 N–H and O–H groups in total. The van der Waals surface area contributed by atoms with E-state index in [1.165, 1.54) is 0 Å². The number of aryl methyl sites for hydroxylation is 1. The van der Waals surface area contributed by atoms with E-state index >= 15 is 0 Å². The molecule has 5 nitrogen and oxygen atoms in total. The molecule has 0 aliphatic carbocycles. The summed E-state index contributed by atoms with van der Waals surface area (Å²) in [4.78, 5) is 13.3. The number of hydrogen-bond acceptors (Lipinski definition) is 5. The van der Waals surface area contributed by atoms with E-state index in [0.717, 1.165) is 38.5 Å². The van der Waals surface area contributed by atoms with Crippen LogP contribution in [0.5, 0.6) is 0 Å². The van der Waals surface area contributed by atoms with E-state index in [1.54, 1.807) is 6.07 Å². The summed E-state index contributed by atoms with van der Waals surface area (Å²) in [7, 11) is 2.17. The topological polar surface area (TPSA) is 44.3 Å². The Morgan fingerprint density at radius 3 is 2.63 bits per heavy atom. The highest BCUT2D eigenvalue weighted by Gasteiger charge is 2.16. The lowest BCUT2D eigenvalue weighted by atomic mass is 10.2. The van der Waals surface area contributed by atoms with Crippen LogP contribution in [-0.4, -0.2) is 65.6 Å². The van der Waals surface area contributed by atoms with Crippen LogP contribution in [0.2, 0.25) is 5.15 Å². The molecule has 1 atom stereocenters. The molecule has 1 aliphatic rings. The van der Waals surface area contributed by atoms with Crippen molar-refractivity contribution in [2.75, 3.05) is 45.1 Å². The lowest BCUT2D eigenvalue weighted by Gasteiger charge is -2.34. The van der Waals surface area contributed by atoms with Gasteiger partial charge in [0.05, 0.1) is 0 Å². The minimum absolute atomic E-state index is 0.341. The number of hydrogen-bond donors (Lipinski definition) is 1. The zero-order chi connectivity index (χ0) is 13.8. The number of anilines is 1. The third-order valence-corrected chi connectivity index (χ3v) is 3.52. The summed E-state index contributed by atoms with van der Waals surface area (Å²) in [5.41, 5.74) is 0. The van der Waals surface area contributed by atoms with Crippen LogP contribution in [0.1, 0.15) is 12.7 Å². The molecule has 1 fully saturated rings. The molecule has 1 saturated heterocycles. The van der Waals surface area contributed by atoms with E-state index in [0.29, 0.717) is 17.0 Å². The molecule has 106 valence electrons. The second kappa shape index (κ2) is 6.50. The summed E-state index contributed by atoms with van der Waals surface area (Å²) in [6.07, 6.45) is 0. The fourth-order valence-corrected chi connectivity index (χ4v) is 2.55. The quantitative estimate of drug-likeness (QED) is 0.848. The molecule has 2 rings (SSSR count). The van der Waals surface area contributed by atoms with Gasteiger partial charge in [0.15, 0.2) is 0 Å². The smallest absolute Gasteiger partial charge is 0.134 e. The summed E-state index contributed by atoms with van der Waals surface area (Å²) >= 11 is 5.93. The first kappa shape index (κ1) is 14.5. The molecular formula is C13H22ClN5. The first-order chi connectivity index (χ1) is 9.02. The fraction of sp³-hybridized carbons (Fsp3) is 0.692. The second-order valence-corrected chi connectivity index (χ2v) is 5.66. The van der Waals surface area contributed by atoms with Crippen molar-refractivity contribution in [3.05, 3.63) is 17.0 Å². The zero-order valence-corrected chi connectivity index (χ0v) is 12.6. The van der Waals surface area contributed by atoms with Gasteiger partial charge in [-0.05, 0) is 20.9 Å². The summed E-state index contributed by atoms with van der Waals surface area (Å²) in [6, 6.07) is 2.11. The second-order valence-electron chi connectivity index (χ2n) is 5.27. The predicted molar refractivity (Wildman–Crippen MR) is 78.8 cm³/mol. The lowest BCUT2D eigenvalue weighted by molar-refractivity contribution is 0.151. The normalized spacial score (nSPS) is 19.4. The molecule has 1 aromatic heterocycles. The van der Waals surface area contributed by atoms with Gasteiger partial charge in [-0.2, -0.15) is 0 Å². The van der Waals surface area contributed by atoms with E-state index in [4.69, 9.17) is 11.6 Å². The number of piperazine rings is 1. The molecule has 1 aliphatic heterocycles. The van der Waals surface area contributed by atoms with Crippen molar-refractivity contribution in [2.24, 2.45) is 0 Å². The van der Waals surface area contributed by atoms with Gasteiger partial charge in [-0.1, -0.05) is 11.6 Å². The first-order valence-electron chi connectivity index (χ1n) is 6.71. The highest BCUT2D eigenvalue weighted by molar-refractivity contribution is 6.29. The molecule has 0 aromatic carbocycles. The van der Waals surface area contributed by atoms with E-state index in [1.807, 2.05) is 6.92 Å². The van der Waals surface area contributed by atoms with Crippen molar-refractivity contribution in [1.82, 2.24) is 19.8 Å². The van der Waals surface area contributed by atoms with Gasteiger partial charge in [0, 0.05) is 44.8 Å². The van der Waals surface area contributed by atoms with Crippen molar-refractivity contribution >= 4 is 17.4 Å². The largest absolute Gasteiger partial charge is 0.366 e. The number of halogens is 1.